The topological polar surface area (TPSA) is 75.3 Å². The average molecular weight is 576 g/mol. The number of ether oxygens (including phenoxy) is 1. The van der Waals surface area contributed by atoms with Crippen LogP contribution < -0.4 is 20.7 Å². The number of thiazole rings is 1. The van der Waals surface area contributed by atoms with E-state index in [1.54, 1.807) is 19.2 Å². The molecule has 0 unspecified atom stereocenters. The van der Waals surface area contributed by atoms with E-state index in [2.05, 4.69) is 20.9 Å². The molecule has 0 aliphatic rings. The summed E-state index contributed by atoms with van der Waals surface area (Å²) in [5.74, 6) is 0.776. The Hall–Kier alpha value is -2.82. The van der Waals surface area contributed by atoms with Gasteiger partial charge < -0.3 is 20.7 Å². The van der Waals surface area contributed by atoms with Crippen molar-refractivity contribution in [2.24, 2.45) is 0 Å². The van der Waals surface area contributed by atoms with E-state index in [1.807, 2.05) is 60.0 Å². The molecule has 0 bridgehead atoms. The number of nitrogens with one attached hydrogen (secondary N) is 3. The number of nitrogens with zero attached hydrogens (tertiary/aromatic N) is 1. The van der Waals surface area contributed by atoms with Gasteiger partial charge in [0, 0.05) is 21.5 Å². The van der Waals surface area contributed by atoms with Crippen LogP contribution in [0, 0.1) is 0 Å². The number of benzene rings is 3. The number of methoxy groups -OCH3 is 1. The molecule has 0 spiro atoms. The lowest BCUT2D eigenvalue weighted by molar-refractivity contribution is -0.113. The Balaban J connectivity index is 1.30. The predicted molar refractivity (Wildman–Crippen MR) is 156 cm³/mol. The summed E-state index contributed by atoms with van der Waals surface area (Å²) in [5, 5.41) is 12.9. The van der Waals surface area contributed by atoms with E-state index in [0.29, 0.717) is 26.0 Å². The van der Waals surface area contributed by atoms with Gasteiger partial charge in [0.25, 0.3) is 0 Å². The summed E-state index contributed by atoms with van der Waals surface area (Å²) in [7, 11) is 1.61. The van der Waals surface area contributed by atoms with Crippen molar-refractivity contribution in [1.29, 1.82) is 0 Å². The number of anilines is 3. The van der Waals surface area contributed by atoms with Gasteiger partial charge in [-0.25, -0.2) is 4.98 Å². The van der Waals surface area contributed by atoms with Crippen LogP contribution in [0.5, 0.6) is 5.75 Å². The van der Waals surface area contributed by atoms with Crippen molar-refractivity contribution in [3.63, 3.8) is 0 Å². The Bertz CT molecular complexity index is 1400. The number of carbonyl (C=O) groups excluding carboxylic acids is 1. The van der Waals surface area contributed by atoms with Gasteiger partial charge in [-0.3, -0.25) is 4.79 Å². The van der Waals surface area contributed by atoms with Crippen molar-refractivity contribution in [3.8, 4) is 17.0 Å². The third-order valence-electron chi connectivity index (χ3n) is 4.78. The largest absolute Gasteiger partial charge is 0.495 e. The van der Waals surface area contributed by atoms with Crippen LogP contribution in [-0.2, 0) is 4.79 Å². The molecule has 0 aliphatic heterocycles. The standard InChI is InChI=1S/C25H20Cl2N4O2S3/c1-33-22-8-3-2-7-20(22)29-24(34)28-16-5-4-6-17(12-16)35-14-23(32)31-25-30-21(13-36-25)15-9-10-18(26)19(27)11-15/h2-13H,14H2,1H3,(H2,28,29,34)(H,30,31,32). The normalized spacial score (nSPS) is 10.5. The molecule has 184 valence electrons. The SMILES string of the molecule is COc1ccccc1NC(=S)Nc1cccc(SCC(=O)Nc2nc(-c3ccc(Cl)c(Cl)c3)cs2)c1. The van der Waals surface area contributed by atoms with Gasteiger partial charge in [-0.05, 0) is 54.7 Å². The number of thioether (sulfide) groups is 1. The number of thiocarbonyl (C=S) groups is 1. The van der Waals surface area contributed by atoms with Crippen molar-refractivity contribution in [2.45, 2.75) is 4.90 Å². The fourth-order valence-electron chi connectivity index (χ4n) is 3.12. The molecule has 0 atom stereocenters. The van der Waals surface area contributed by atoms with E-state index in [1.165, 1.54) is 23.1 Å². The van der Waals surface area contributed by atoms with Crippen LogP contribution in [-0.4, -0.2) is 28.9 Å². The molecule has 4 aromatic rings. The summed E-state index contributed by atoms with van der Waals surface area (Å²) >= 11 is 20.3. The Labute approximate surface area is 232 Å². The molecule has 1 amide bonds. The van der Waals surface area contributed by atoms with Gasteiger partial charge >= 0.3 is 0 Å². The number of rotatable bonds is 8. The summed E-state index contributed by atoms with van der Waals surface area (Å²) in [4.78, 5) is 17.9. The van der Waals surface area contributed by atoms with Gasteiger partial charge in [0.1, 0.15) is 5.75 Å². The lowest BCUT2D eigenvalue weighted by Gasteiger charge is -2.13. The quantitative estimate of drug-likeness (QED) is 0.147. The van der Waals surface area contributed by atoms with E-state index < -0.39 is 0 Å². The zero-order chi connectivity index (χ0) is 25.5. The fourth-order valence-corrected chi connectivity index (χ4v) is 5.14. The first-order valence-corrected chi connectivity index (χ1v) is 13.6. The van der Waals surface area contributed by atoms with Crippen molar-refractivity contribution >= 4 is 86.0 Å². The first-order chi connectivity index (χ1) is 17.4. The van der Waals surface area contributed by atoms with Crippen LogP contribution in [0.2, 0.25) is 10.0 Å². The molecule has 1 aromatic heterocycles. The smallest absolute Gasteiger partial charge is 0.236 e. The number of carbonyl (C=O) groups is 1. The number of hydrogen-bond acceptors (Lipinski definition) is 6. The fraction of sp³-hybridized carbons (Fsp3) is 0.0800. The van der Waals surface area contributed by atoms with Crippen molar-refractivity contribution in [1.82, 2.24) is 4.98 Å². The third kappa shape index (κ3) is 7.11. The zero-order valence-electron chi connectivity index (χ0n) is 18.9. The number of para-hydroxylation sites is 2. The number of amides is 1. The first-order valence-electron chi connectivity index (χ1n) is 10.6. The minimum Gasteiger partial charge on any atom is -0.495 e. The molecule has 0 saturated carbocycles. The first kappa shape index (κ1) is 26.2. The summed E-state index contributed by atoms with van der Waals surface area (Å²) in [6.45, 7) is 0. The molecule has 36 heavy (non-hydrogen) atoms. The van der Waals surface area contributed by atoms with Crippen LogP contribution in [0.3, 0.4) is 0 Å². The van der Waals surface area contributed by atoms with E-state index in [0.717, 1.165) is 27.5 Å². The molecule has 11 heteroatoms. The van der Waals surface area contributed by atoms with E-state index >= 15 is 0 Å². The van der Waals surface area contributed by atoms with E-state index in [9.17, 15) is 4.79 Å². The lowest BCUT2D eigenvalue weighted by Crippen LogP contribution is -2.19. The highest BCUT2D eigenvalue weighted by atomic mass is 35.5. The molecule has 6 nitrogen and oxygen atoms in total. The highest BCUT2D eigenvalue weighted by molar-refractivity contribution is 8.00. The molecule has 0 aliphatic carbocycles. The summed E-state index contributed by atoms with van der Waals surface area (Å²) < 4.78 is 5.34. The van der Waals surface area contributed by atoms with Crippen molar-refractivity contribution in [3.05, 3.63) is 82.2 Å². The molecule has 0 fully saturated rings. The number of aromatic nitrogens is 1. The maximum Gasteiger partial charge on any atom is 0.236 e. The van der Waals surface area contributed by atoms with Gasteiger partial charge in [0.05, 0.1) is 34.3 Å². The Morgan fingerprint density at radius 1 is 1.03 bits per heavy atom. The molecule has 3 aromatic carbocycles. The minimum atomic E-state index is -0.151. The highest BCUT2D eigenvalue weighted by Crippen LogP contribution is 2.31. The number of halogens is 2. The minimum absolute atomic E-state index is 0.151. The molecule has 3 N–H and O–H groups in total. The predicted octanol–water partition coefficient (Wildman–Crippen LogP) is 7.67. The Morgan fingerprint density at radius 3 is 2.67 bits per heavy atom. The van der Waals surface area contributed by atoms with Crippen LogP contribution in [0.1, 0.15) is 0 Å². The highest BCUT2D eigenvalue weighted by Gasteiger charge is 2.11. The lowest BCUT2D eigenvalue weighted by atomic mass is 10.2. The monoisotopic (exact) mass is 574 g/mol. The second-order valence-corrected chi connectivity index (χ2v) is 10.4. The second kappa shape index (κ2) is 12.4. The molecule has 4 rings (SSSR count). The van der Waals surface area contributed by atoms with Crippen LogP contribution in [0.4, 0.5) is 16.5 Å². The molecule has 0 saturated heterocycles. The van der Waals surface area contributed by atoms with Crippen LogP contribution in [0.25, 0.3) is 11.3 Å². The van der Waals surface area contributed by atoms with Gasteiger partial charge in [0.15, 0.2) is 10.2 Å². The summed E-state index contributed by atoms with van der Waals surface area (Å²) in [5.41, 5.74) is 3.12. The second-order valence-electron chi connectivity index (χ2n) is 7.31. The summed E-state index contributed by atoms with van der Waals surface area (Å²) in [6, 6.07) is 20.5. The Kier molecular flexibility index (Phi) is 9.06. The Morgan fingerprint density at radius 2 is 1.86 bits per heavy atom. The third-order valence-corrected chi connectivity index (χ3v) is 7.48. The molecule has 1 heterocycles. The van der Waals surface area contributed by atoms with E-state index in [4.69, 9.17) is 40.2 Å². The van der Waals surface area contributed by atoms with Gasteiger partial charge in [-0.15, -0.1) is 23.1 Å². The van der Waals surface area contributed by atoms with Gasteiger partial charge in [-0.2, -0.15) is 0 Å². The van der Waals surface area contributed by atoms with Gasteiger partial charge in [0.2, 0.25) is 5.91 Å². The summed E-state index contributed by atoms with van der Waals surface area (Å²) in [6.07, 6.45) is 0. The van der Waals surface area contributed by atoms with Crippen LogP contribution in [0.15, 0.2) is 77.0 Å². The average Bonchev–Trinajstić information content (AvgIpc) is 3.33. The molecular weight excluding hydrogens is 555 g/mol. The molecular formula is C25H20Cl2N4O2S3. The van der Waals surface area contributed by atoms with Crippen molar-refractivity contribution in [2.75, 3.05) is 28.8 Å². The van der Waals surface area contributed by atoms with E-state index in [-0.39, 0.29) is 11.7 Å². The number of hydrogen-bond donors (Lipinski definition) is 3. The van der Waals surface area contributed by atoms with Crippen molar-refractivity contribution < 1.29 is 9.53 Å². The maximum absolute atomic E-state index is 12.5. The molecule has 0 radical (unpaired) electrons. The maximum atomic E-state index is 12.5. The zero-order valence-corrected chi connectivity index (χ0v) is 22.8. The van der Waals surface area contributed by atoms with Gasteiger partial charge in [-0.1, -0.05) is 47.5 Å². The van der Waals surface area contributed by atoms with Crippen LogP contribution >= 0.6 is 58.5 Å².